The molecule has 4 aliphatic carbocycles. The Morgan fingerprint density at radius 1 is 1.13 bits per heavy atom. The molecule has 0 unspecified atom stereocenters. The van der Waals surface area contributed by atoms with Crippen molar-refractivity contribution in [1.29, 1.82) is 0 Å². The zero-order valence-electron chi connectivity index (χ0n) is 31.2. The summed E-state index contributed by atoms with van der Waals surface area (Å²) in [6.07, 6.45) is 11.9. The van der Waals surface area contributed by atoms with Crippen molar-refractivity contribution in [2.75, 3.05) is 26.9 Å². The highest BCUT2D eigenvalue weighted by molar-refractivity contribution is 5.73. The van der Waals surface area contributed by atoms with Crippen molar-refractivity contribution in [3.05, 3.63) is 24.3 Å². The minimum absolute atomic E-state index is 0.0324. The fourth-order valence-electron chi connectivity index (χ4n) is 12.3. The maximum absolute atomic E-state index is 13.4. The number of rotatable bonds is 9. The van der Waals surface area contributed by atoms with Crippen LogP contribution in [-0.4, -0.2) is 64.4 Å². The van der Waals surface area contributed by atoms with E-state index in [-0.39, 0.29) is 50.7 Å². The monoisotopic (exact) mass is 652 g/mol. The number of fused-ring (bicyclic) bond motifs is 3. The maximum Gasteiger partial charge on any atom is 0.307 e. The highest BCUT2D eigenvalue weighted by atomic mass is 16.5. The summed E-state index contributed by atoms with van der Waals surface area (Å²) < 4.78 is 15.9. The van der Waals surface area contributed by atoms with Gasteiger partial charge in [-0.3, -0.25) is 4.79 Å². The van der Waals surface area contributed by atoms with Crippen molar-refractivity contribution in [2.45, 2.75) is 125 Å². The number of nitrogens with one attached hydrogen (secondary N) is 1. The van der Waals surface area contributed by atoms with Gasteiger partial charge in [-0.25, -0.2) is 9.67 Å². The number of carboxylic acid groups (broad SMARTS) is 1. The van der Waals surface area contributed by atoms with Crippen molar-refractivity contribution in [3.8, 4) is 0 Å². The largest absolute Gasteiger partial charge is 0.481 e. The Balaban J connectivity index is 1.43. The van der Waals surface area contributed by atoms with E-state index in [1.54, 1.807) is 11.9 Å². The third kappa shape index (κ3) is 4.80. The van der Waals surface area contributed by atoms with E-state index in [0.29, 0.717) is 49.4 Å². The first-order valence-corrected chi connectivity index (χ1v) is 18.6. The molecule has 2 heterocycles. The first-order valence-electron chi connectivity index (χ1n) is 18.6. The number of carbonyl (C=O) groups is 1. The molecular formula is C39H64N4O4. The van der Waals surface area contributed by atoms with Gasteiger partial charge in [0.2, 0.25) is 0 Å². The van der Waals surface area contributed by atoms with E-state index < -0.39 is 5.97 Å². The second kappa shape index (κ2) is 11.7. The first-order chi connectivity index (χ1) is 21.9. The maximum atomic E-state index is 13.4. The lowest BCUT2D eigenvalue weighted by atomic mass is 9.34. The molecule has 0 spiro atoms. The third-order valence-corrected chi connectivity index (χ3v) is 16.3. The molecule has 5 aliphatic rings. The van der Waals surface area contributed by atoms with Gasteiger partial charge in [0.15, 0.2) is 0 Å². The second-order valence-electron chi connectivity index (χ2n) is 18.5. The van der Waals surface area contributed by atoms with Gasteiger partial charge in [-0.15, -0.1) is 0 Å². The van der Waals surface area contributed by atoms with Crippen molar-refractivity contribution in [2.24, 2.45) is 62.6 Å². The summed E-state index contributed by atoms with van der Waals surface area (Å²) in [6, 6.07) is 0.0324. The lowest BCUT2D eigenvalue weighted by Gasteiger charge is -2.71. The zero-order valence-corrected chi connectivity index (χ0v) is 31.2. The van der Waals surface area contributed by atoms with Crippen molar-refractivity contribution >= 4 is 5.97 Å². The predicted molar refractivity (Wildman–Crippen MR) is 185 cm³/mol. The molecule has 12 atom stereocenters. The standard InChI is InChI=1S/C39H64N4O4/c1-24(2)26(5)34(6)16-17-36(8)27-12-13-30-35(7)19-46-21-39(30,28(27)14-15-37(36,9)31(34)33(44)45)18-29(43-23-41-22-42-43)32(35)47-20-38(10,40-11)25(3)4/h14,22-27,29-32,40H,12-13,15-21H2,1-11H3,(H,44,45)/t26-,27+,29-,30+,31-,32+,34-,35-,36-,37+,38-,39+/m1/s1. The lowest BCUT2D eigenvalue weighted by molar-refractivity contribution is -0.253. The lowest BCUT2D eigenvalue weighted by Crippen LogP contribution is -2.69. The fourth-order valence-corrected chi connectivity index (χ4v) is 12.3. The Kier molecular flexibility index (Phi) is 8.69. The Morgan fingerprint density at radius 3 is 2.45 bits per heavy atom. The van der Waals surface area contributed by atoms with E-state index in [0.717, 1.165) is 38.5 Å². The number of likely N-dealkylation sites (N-methyl/N-ethyl adjacent to an activating group) is 1. The van der Waals surface area contributed by atoms with Crippen LogP contribution >= 0.6 is 0 Å². The van der Waals surface area contributed by atoms with Crippen LogP contribution in [0.1, 0.15) is 114 Å². The normalized spacial score (nSPS) is 45.0. The summed E-state index contributed by atoms with van der Waals surface area (Å²) in [5.41, 5.74) is 0.387. The molecule has 1 saturated heterocycles. The van der Waals surface area contributed by atoms with Crippen LogP contribution in [0.4, 0.5) is 0 Å². The Bertz CT molecular complexity index is 1360. The van der Waals surface area contributed by atoms with Gasteiger partial charge in [0.25, 0.3) is 0 Å². The number of allylic oxidation sites excluding steroid dienone is 1. The molecule has 1 aliphatic heterocycles. The average Bonchev–Trinajstić information content (AvgIpc) is 3.55. The zero-order chi connectivity index (χ0) is 34.4. The Morgan fingerprint density at radius 2 is 1.85 bits per heavy atom. The van der Waals surface area contributed by atoms with Gasteiger partial charge in [0, 0.05) is 16.4 Å². The van der Waals surface area contributed by atoms with Crippen LogP contribution in [0.25, 0.3) is 0 Å². The summed E-state index contributed by atoms with van der Waals surface area (Å²) in [7, 11) is 2.03. The number of hydrogen-bond acceptors (Lipinski definition) is 6. The van der Waals surface area contributed by atoms with Gasteiger partial charge in [-0.2, -0.15) is 5.10 Å². The molecule has 264 valence electrons. The molecule has 0 aromatic carbocycles. The number of carboxylic acids is 1. The van der Waals surface area contributed by atoms with E-state index in [1.165, 1.54) is 0 Å². The van der Waals surface area contributed by atoms with Gasteiger partial charge < -0.3 is 19.9 Å². The highest BCUT2D eigenvalue weighted by Gasteiger charge is 2.72. The molecule has 2 bridgehead atoms. The predicted octanol–water partition coefficient (Wildman–Crippen LogP) is 7.43. The Hall–Kier alpha value is -1.77. The molecule has 2 N–H and O–H groups in total. The van der Waals surface area contributed by atoms with E-state index in [9.17, 15) is 9.90 Å². The van der Waals surface area contributed by atoms with Gasteiger partial charge in [-0.1, -0.05) is 74.0 Å². The second-order valence-corrected chi connectivity index (χ2v) is 18.5. The van der Waals surface area contributed by atoms with Crippen molar-refractivity contribution < 1.29 is 19.4 Å². The van der Waals surface area contributed by atoms with Crippen LogP contribution in [0, 0.1) is 62.6 Å². The molecule has 3 saturated carbocycles. The van der Waals surface area contributed by atoms with Gasteiger partial charge in [0.05, 0.1) is 37.9 Å². The molecular weight excluding hydrogens is 588 g/mol. The topological polar surface area (TPSA) is 98.5 Å². The van der Waals surface area contributed by atoms with Crippen LogP contribution in [0.15, 0.2) is 24.3 Å². The third-order valence-electron chi connectivity index (χ3n) is 16.3. The number of aromatic nitrogens is 3. The first kappa shape index (κ1) is 35.1. The molecule has 47 heavy (non-hydrogen) atoms. The molecule has 6 rings (SSSR count). The van der Waals surface area contributed by atoms with E-state index in [2.05, 4.69) is 90.3 Å². The van der Waals surface area contributed by atoms with E-state index in [1.807, 2.05) is 13.4 Å². The van der Waals surface area contributed by atoms with Crippen molar-refractivity contribution in [1.82, 2.24) is 20.1 Å². The van der Waals surface area contributed by atoms with Gasteiger partial charge >= 0.3 is 5.97 Å². The van der Waals surface area contributed by atoms with Crippen LogP contribution in [0.5, 0.6) is 0 Å². The van der Waals surface area contributed by atoms with Crippen LogP contribution < -0.4 is 5.32 Å². The van der Waals surface area contributed by atoms with Crippen LogP contribution in [-0.2, 0) is 14.3 Å². The molecule has 0 amide bonds. The quantitative estimate of drug-likeness (QED) is 0.268. The number of ether oxygens (including phenoxy) is 2. The molecule has 4 fully saturated rings. The SMILES string of the molecule is CN[C@](C)(CO[C@H]1[C@H](n2cncn2)C[C@@]23COC[C@]1(C)[C@@H]2CC[C@H]1C3=CC[C@@]2(C)[C@H](C(=O)O)[C@@](C)([C@H](C)C(C)C)CC[C@]12C)C(C)C. The van der Waals surface area contributed by atoms with E-state index in [4.69, 9.17) is 14.6 Å². The molecule has 1 aromatic rings. The number of nitrogens with zero attached hydrogens (tertiary/aromatic N) is 3. The summed E-state index contributed by atoms with van der Waals surface area (Å²) in [4.78, 5) is 17.8. The van der Waals surface area contributed by atoms with Crippen molar-refractivity contribution in [3.63, 3.8) is 0 Å². The van der Waals surface area contributed by atoms with Crippen LogP contribution in [0.2, 0.25) is 0 Å². The molecule has 8 nitrogen and oxygen atoms in total. The molecule has 8 heteroatoms. The number of hydrogen-bond donors (Lipinski definition) is 2. The fraction of sp³-hybridized carbons (Fsp3) is 0.872. The summed E-state index contributed by atoms with van der Waals surface area (Å²) >= 11 is 0. The summed E-state index contributed by atoms with van der Waals surface area (Å²) in [5.74, 6) is 0.945. The summed E-state index contributed by atoms with van der Waals surface area (Å²) in [5, 5.41) is 19.3. The average molecular weight is 653 g/mol. The minimum atomic E-state index is -0.607. The number of aliphatic carboxylic acids is 1. The highest BCUT2D eigenvalue weighted by Crippen LogP contribution is 2.75. The smallest absolute Gasteiger partial charge is 0.307 e. The van der Waals surface area contributed by atoms with Crippen LogP contribution in [0.3, 0.4) is 0 Å². The minimum Gasteiger partial charge on any atom is -0.481 e. The molecule has 0 radical (unpaired) electrons. The van der Waals surface area contributed by atoms with Gasteiger partial charge in [0.1, 0.15) is 12.7 Å². The summed E-state index contributed by atoms with van der Waals surface area (Å²) in [6.45, 7) is 25.1. The molecule has 1 aromatic heterocycles. The van der Waals surface area contributed by atoms with E-state index >= 15 is 0 Å². The Labute approximate surface area is 284 Å². The van der Waals surface area contributed by atoms with Gasteiger partial charge in [-0.05, 0) is 98.3 Å².